The van der Waals surface area contributed by atoms with Crippen LogP contribution in [0.5, 0.6) is 0 Å². The monoisotopic (exact) mass is 251 g/mol. The van der Waals surface area contributed by atoms with E-state index < -0.39 is 0 Å². The van der Waals surface area contributed by atoms with Gasteiger partial charge in [0.05, 0.1) is 6.10 Å². The van der Waals surface area contributed by atoms with Crippen LogP contribution in [0.2, 0.25) is 0 Å². The molecule has 0 amide bonds. The van der Waals surface area contributed by atoms with Crippen LogP contribution in [0.15, 0.2) is 0 Å². The van der Waals surface area contributed by atoms with Crippen LogP contribution in [0.4, 0.5) is 0 Å². The number of hydrogen-bond donors (Lipinski definition) is 1. The first-order valence-corrected chi connectivity index (χ1v) is 8.11. The summed E-state index contributed by atoms with van der Waals surface area (Å²) in [6, 6.07) is 0.760. The van der Waals surface area contributed by atoms with Gasteiger partial charge in [-0.05, 0) is 51.0 Å². The molecular weight excluding hydrogens is 222 g/mol. The van der Waals surface area contributed by atoms with Crippen molar-refractivity contribution >= 4 is 0 Å². The predicted molar refractivity (Wildman–Crippen MR) is 74.6 cm³/mol. The second-order valence-corrected chi connectivity index (χ2v) is 6.90. The maximum absolute atomic E-state index is 5.92. The van der Waals surface area contributed by atoms with E-state index in [0.717, 1.165) is 24.5 Å². The minimum atomic E-state index is 0.540. The van der Waals surface area contributed by atoms with Gasteiger partial charge in [-0.3, -0.25) is 0 Å². The van der Waals surface area contributed by atoms with Crippen LogP contribution in [0.3, 0.4) is 0 Å². The van der Waals surface area contributed by atoms with E-state index in [1.54, 1.807) is 0 Å². The van der Waals surface area contributed by atoms with Crippen molar-refractivity contribution in [2.75, 3.05) is 13.2 Å². The van der Waals surface area contributed by atoms with E-state index in [4.69, 9.17) is 4.74 Å². The lowest BCUT2D eigenvalue weighted by Crippen LogP contribution is -2.67. The van der Waals surface area contributed by atoms with Crippen molar-refractivity contribution < 1.29 is 4.74 Å². The van der Waals surface area contributed by atoms with E-state index in [0.29, 0.717) is 11.5 Å². The minimum absolute atomic E-state index is 0.540. The predicted octanol–water partition coefficient (Wildman–Crippen LogP) is 3.36. The Bertz CT molecular complexity index is 287. The first-order valence-electron chi connectivity index (χ1n) is 8.11. The van der Waals surface area contributed by atoms with Gasteiger partial charge < -0.3 is 10.1 Å². The number of ether oxygens (including phenoxy) is 1. The van der Waals surface area contributed by atoms with Gasteiger partial charge in [-0.1, -0.05) is 26.2 Å². The summed E-state index contributed by atoms with van der Waals surface area (Å²) >= 11 is 0. The van der Waals surface area contributed by atoms with E-state index in [2.05, 4.69) is 19.2 Å². The molecule has 1 N–H and O–H groups in total. The quantitative estimate of drug-likeness (QED) is 0.809. The van der Waals surface area contributed by atoms with Crippen LogP contribution in [-0.2, 0) is 4.74 Å². The smallest absolute Gasteiger partial charge is 0.0661 e. The molecule has 0 saturated heterocycles. The topological polar surface area (TPSA) is 21.3 Å². The largest absolute Gasteiger partial charge is 0.378 e. The zero-order valence-corrected chi connectivity index (χ0v) is 12.1. The van der Waals surface area contributed by atoms with Crippen LogP contribution < -0.4 is 5.32 Å². The highest BCUT2D eigenvalue weighted by Crippen LogP contribution is 2.57. The second kappa shape index (κ2) is 5.13. The fourth-order valence-electron chi connectivity index (χ4n) is 4.54. The van der Waals surface area contributed by atoms with Crippen LogP contribution in [0, 0.1) is 17.3 Å². The summed E-state index contributed by atoms with van der Waals surface area (Å²) < 4.78 is 5.92. The number of rotatable bonds is 5. The third-order valence-corrected chi connectivity index (χ3v) is 6.10. The third kappa shape index (κ3) is 2.02. The summed E-state index contributed by atoms with van der Waals surface area (Å²) in [6.45, 7) is 6.71. The normalized spacial score (nSPS) is 41.7. The molecule has 1 spiro atoms. The molecule has 0 aromatic carbocycles. The van der Waals surface area contributed by atoms with Gasteiger partial charge in [0.25, 0.3) is 0 Å². The van der Waals surface area contributed by atoms with Crippen LogP contribution in [-0.4, -0.2) is 25.3 Å². The van der Waals surface area contributed by atoms with E-state index in [9.17, 15) is 0 Å². The summed E-state index contributed by atoms with van der Waals surface area (Å²) in [7, 11) is 0. The van der Waals surface area contributed by atoms with Crippen molar-refractivity contribution in [2.24, 2.45) is 17.3 Å². The molecule has 0 aliphatic heterocycles. The van der Waals surface area contributed by atoms with Gasteiger partial charge in [0.15, 0.2) is 0 Å². The summed E-state index contributed by atoms with van der Waals surface area (Å²) in [5, 5.41) is 3.89. The molecule has 3 rings (SSSR count). The number of nitrogens with one attached hydrogen (secondary N) is 1. The zero-order valence-electron chi connectivity index (χ0n) is 12.1. The minimum Gasteiger partial charge on any atom is -0.378 e. The Morgan fingerprint density at radius 3 is 2.61 bits per heavy atom. The summed E-state index contributed by atoms with van der Waals surface area (Å²) in [6.07, 6.45) is 10.4. The molecule has 18 heavy (non-hydrogen) atoms. The SMILES string of the molecule is CCOC1CC(NCC2CCCC2C)C12CCC2. The molecule has 0 aromatic heterocycles. The molecule has 4 unspecified atom stereocenters. The highest BCUT2D eigenvalue weighted by molar-refractivity contribution is 5.12. The lowest BCUT2D eigenvalue weighted by atomic mass is 9.51. The Balaban J connectivity index is 1.49. The molecule has 0 radical (unpaired) electrons. The summed E-state index contributed by atoms with van der Waals surface area (Å²) in [4.78, 5) is 0. The average Bonchev–Trinajstić information content (AvgIpc) is 2.66. The van der Waals surface area contributed by atoms with Gasteiger partial charge in [-0.2, -0.15) is 0 Å². The fraction of sp³-hybridized carbons (Fsp3) is 1.00. The fourth-order valence-corrected chi connectivity index (χ4v) is 4.54. The van der Waals surface area contributed by atoms with Gasteiger partial charge in [0.1, 0.15) is 0 Å². The van der Waals surface area contributed by atoms with E-state index >= 15 is 0 Å². The van der Waals surface area contributed by atoms with Crippen molar-refractivity contribution in [1.82, 2.24) is 5.32 Å². The molecule has 4 atom stereocenters. The first-order chi connectivity index (χ1) is 8.76. The van der Waals surface area contributed by atoms with E-state index in [-0.39, 0.29) is 0 Å². The average molecular weight is 251 g/mol. The molecule has 2 nitrogen and oxygen atoms in total. The molecule has 3 saturated carbocycles. The van der Waals surface area contributed by atoms with Crippen molar-refractivity contribution in [2.45, 2.75) is 70.9 Å². The van der Waals surface area contributed by atoms with Crippen molar-refractivity contribution in [1.29, 1.82) is 0 Å². The molecule has 3 aliphatic carbocycles. The molecule has 3 aliphatic rings. The van der Waals surface area contributed by atoms with Crippen LogP contribution in [0.25, 0.3) is 0 Å². The van der Waals surface area contributed by atoms with E-state index in [1.807, 2.05) is 0 Å². The van der Waals surface area contributed by atoms with Crippen LogP contribution in [0.1, 0.15) is 58.8 Å². The van der Waals surface area contributed by atoms with Crippen molar-refractivity contribution in [3.63, 3.8) is 0 Å². The zero-order chi connectivity index (χ0) is 12.6. The standard InChI is InChI=1S/C16H29NO/c1-3-18-15-10-14(16(15)8-5-9-16)17-11-13-7-4-6-12(13)2/h12-15,17H,3-11H2,1-2H3. The molecule has 104 valence electrons. The molecule has 3 fully saturated rings. The third-order valence-electron chi connectivity index (χ3n) is 6.10. The number of hydrogen-bond acceptors (Lipinski definition) is 2. The second-order valence-electron chi connectivity index (χ2n) is 6.90. The Morgan fingerprint density at radius 2 is 2.06 bits per heavy atom. The van der Waals surface area contributed by atoms with Gasteiger partial charge in [-0.25, -0.2) is 0 Å². The van der Waals surface area contributed by atoms with Crippen molar-refractivity contribution in [3.8, 4) is 0 Å². The maximum Gasteiger partial charge on any atom is 0.0661 e. The lowest BCUT2D eigenvalue weighted by Gasteiger charge is -2.61. The Kier molecular flexibility index (Phi) is 3.68. The van der Waals surface area contributed by atoms with Gasteiger partial charge in [0, 0.05) is 18.1 Å². The maximum atomic E-state index is 5.92. The Morgan fingerprint density at radius 1 is 1.22 bits per heavy atom. The highest BCUT2D eigenvalue weighted by atomic mass is 16.5. The highest BCUT2D eigenvalue weighted by Gasteiger charge is 2.58. The molecular formula is C16H29NO. The van der Waals surface area contributed by atoms with Gasteiger partial charge >= 0.3 is 0 Å². The summed E-state index contributed by atoms with van der Waals surface area (Å²) in [5.41, 5.74) is 0.540. The molecule has 0 bridgehead atoms. The summed E-state index contributed by atoms with van der Waals surface area (Å²) in [5.74, 6) is 1.88. The lowest BCUT2D eigenvalue weighted by molar-refractivity contribution is -0.173. The van der Waals surface area contributed by atoms with Gasteiger partial charge in [0.2, 0.25) is 0 Å². The van der Waals surface area contributed by atoms with Gasteiger partial charge in [-0.15, -0.1) is 0 Å². The van der Waals surface area contributed by atoms with Crippen molar-refractivity contribution in [3.05, 3.63) is 0 Å². The molecule has 2 heteroatoms. The molecule has 0 heterocycles. The van der Waals surface area contributed by atoms with Crippen LogP contribution >= 0.6 is 0 Å². The molecule has 0 aromatic rings. The van der Waals surface area contributed by atoms with E-state index in [1.165, 1.54) is 51.5 Å². The first kappa shape index (κ1) is 12.9. The Labute approximate surface area is 112 Å². The Hall–Kier alpha value is -0.0800.